The molecule has 0 unspecified atom stereocenters. The van der Waals surface area contributed by atoms with E-state index in [1.165, 1.54) is 0 Å². The number of nitrogens with zero attached hydrogens (tertiary/aromatic N) is 1. The zero-order valence-corrected chi connectivity index (χ0v) is 15.7. The third-order valence-corrected chi connectivity index (χ3v) is 4.98. The van der Waals surface area contributed by atoms with E-state index < -0.39 is 0 Å². The SMILES string of the molecule is COc1cccc(CCC(=O)N[C@@H]2COCC[C@@H]2OCc2cscn2)c1. The lowest BCUT2D eigenvalue weighted by molar-refractivity contribution is -0.126. The van der Waals surface area contributed by atoms with E-state index in [0.717, 1.165) is 23.4 Å². The lowest BCUT2D eigenvalue weighted by Crippen LogP contribution is -2.50. The van der Waals surface area contributed by atoms with Crippen molar-refractivity contribution in [2.45, 2.75) is 38.0 Å². The molecule has 1 aromatic heterocycles. The molecule has 1 fully saturated rings. The number of methoxy groups -OCH3 is 1. The number of thiazole rings is 1. The van der Waals surface area contributed by atoms with Crippen LogP contribution in [0.5, 0.6) is 5.75 Å². The van der Waals surface area contributed by atoms with Gasteiger partial charge >= 0.3 is 0 Å². The number of hydrogen-bond donors (Lipinski definition) is 1. The monoisotopic (exact) mass is 376 g/mol. The normalized spacial score (nSPS) is 19.9. The van der Waals surface area contributed by atoms with Gasteiger partial charge in [-0.25, -0.2) is 4.98 Å². The zero-order valence-electron chi connectivity index (χ0n) is 14.8. The standard InChI is InChI=1S/C19H24N2O4S/c1-23-16-4-2-3-14(9-16)5-6-19(22)21-17-11-24-8-7-18(17)25-10-15-12-26-13-20-15/h2-4,9,12-13,17-18H,5-8,10-11H2,1H3,(H,21,22)/t17-,18+/m1/s1. The molecular formula is C19H24N2O4S. The van der Waals surface area contributed by atoms with Crippen molar-refractivity contribution in [1.82, 2.24) is 10.3 Å². The molecule has 1 aromatic carbocycles. The maximum atomic E-state index is 12.4. The highest BCUT2D eigenvalue weighted by atomic mass is 32.1. The van der Waals surface area contributed by atoms with E-state index in [9.17, 15) is 4.79 Å². The van der Waals surface area contributed by atoms with Crippen LogP contribution in [-0.2, 0) is 27.3 Å². The predicted octanol–water partition coefficient (Wildman–Crippen LogP) is 2.57. The number of ether oxygens (including phenoxy) is 3. The summed E-state index contributed by atoms with van der Waals surface area (Å²) in [7, 11) is 1.64. The van der Waals surface area contributed by atoms with Gasteiger partial charge in [0.15, 0.2) is 0 Å². The van der Waals surface area contributed by atoms with Crippen molar-refractivity contribution in [2.24, 2.45) is 0 Å². The fourth-order valence-electron chi connectivity index (χ4n) is 2.92. The van der Waals surface area contributed by atoms with Crippen LogP contribution in [0.1, 0.15) is 24.1 Å². The Hall–Kier alpha value is -1.96. The highest BCUT2D eigenvalue weighted by Gasteiger charge is 2.28. The molecule has 0 radical (unpaired) electrons. The second kappa shape index (κ2) is 9.66. The molecule has 0 spiro atoms. The minimum absolute atomic E-state index is 0.00517. The van der Waals surface area contributed by atoms with Crippen LogP contribution in [0.15, 0.2) is 35.2 Å². The number of rotatable bonds is 8. The topological polar surface area (TPSA) is 69.7 Å². The molecule has 1 saturated heterocycles. The first-order valence-corrected chi connectivity index (χ1v) is 9.67. The molecule has 2 atom stereocenters. The molecule has 1 aliphatic rings. The molecule has 2 aromatic rings. The fraction of sp³-hybridized carbons (Fsp3) is 0.474. The van der Waals surface area contributed by atoms with Gasteiger partial charge in [0, 0.05) is 18.4 Å². The maximum Gasteiger partial charge on any atom is 0.220 e. The number of aryl methyl sites for hydroxylation is 1. The number of hydrogen-bond acceptors (Lipinski definition) is 6. The van der Waals surface area contributed by atoms with Gasteiger partial charge in [-0.1, -0.05) is 12.1 Å². The molecule has 140 valence electrons. The van der Waals surface area contributed by atoms with Gasteiger partial charge in [-0.3, -0.25) is 4.79 Å². The Kier molecular flexibility index (Phi) is 6.99. The maximum absolute atomic E-state index is 12.4. The first-order valence-electron chi connectivity index (χ1n) is 8.73. The molecule has 6 nitrogen and oxygen atoms in total. The van der Waals surface area contributed by atoms with Crippen LogP contribution < -0.4 is 10.1 Å². The van der Waals surface area contributed by atoms with Crippen molar-refractivity contribution in [3.8, 4) is 5.75 Å². The molecule has 3 rings (SSSR count). The second-order valence-electron chi connectivity index (χ2n) is 6.22. The zero-order chi connectivity index (χ0) is 18.2. The van der Waals surface area contributed by atoms with Crippen LogP contribution in [-0.4, -0.2) is 43.4 Å². The number of amides is 1. The highest BCUT2D eigenvalue weighted by Crippen LogP contribution is 2.16. The summed E-state index contributed by atoms with van der Waals surface area (Å²) in [5, 5.41) is 5.03. The lowest BCUT2D eigenvalue weighted by atomic mass is 10.1. The van der Waals surface area contributed by atoms with E-state index >= 15 is 0 Å². The van der Waals surface area contributed by atoms with Gasteiger partial charge in [0.2, 0.25) is 5.91 Å². The first-order chi connectivity index (χ1) is 12.7. The summed E-state index contributed by atoms with van der Waals surface area (Å²) in [6.07, 6.45) is 1.81. The van der Waals surface area contributed by atoms with Gasteiger partial charge in [0.05, 0.1) is 43.7 Å². The van der Waals surface area contributed by atoms with Crippen molar-refractivity contribution in [1.29, 1.82) is 0 Å². The fourth-order valence-corrected chi connectivity index (χ4v) is 3.46. The molecule has 1 N–H and O–H groups in total. The van der Waals surface area contributed by atoms with E-state index in [4.69, 9.17) is 14.2 Å². The molecule has 0 bridgehead atoms. The largest absolute Gasteiger partial charge is 0.497 e. The summed E-state index contributed by atoms with van der Waals surface area (Å²) < 4.78 is 16.7. The van der Waals surface area contributed by atoms with Gasteiger partial charge < -0.3 is 19.5 Å². The van der Waals surface area contributed by atoms with E-state index in [-0.39, 0.29) is 18.1 Å². The van der Waals surface area contributed by atoms with Gasteiger partial charge in [0.1, 0.15) is 5.75 Å². The quantitative estimate of drug-likeness (QED) is 0.767. The van der Waals surface area contributed by atoms with Crippen LogP contribution in [0.3, 0.4) is 0 Å². The molecule has 26 heavy (non-hydrogen) atoms. The number of carbonyl (C=O) groups excluding carboxylic acids is 1. The molecule has 1 aliphatic heterocycles. The van der Waals surface area contributed by atoms with Crippen LogP contribution in [0.4, 0.5) is 0 Å². The summed E-state index contributed by atoms with van der Waals surface area (Å²) in [4.78, 5) is 16.6. The second-order valence-corrected chi connectivity index (χ2v) is 6.94. The van der Waals surface area contributed by atoms with Crippen molar-refractivity contribution in [2.75, 3.05) is 20.3 Å². The molecule has 0 saturated carbocycles. The number of benzene rings is 1. The Bertz CT molecular complexity index is 693. The Labute approximate surface area is 157 Å². The number of nitrogens with one attached hydrogen (secondary N) is 1. The number of aromatic nitrogens is 1. The van der Waals surface area contributed by atoms with E-state index in [2.05, 4.69) is 10.3 Å². The molecule has 2 heterocycles. The average Bonchev–Trinajstić information content (AvgIpc) is 3.19. The summed E-state index contributed by atoms with van der Waals surface area (Å²) >= 11 is 1.55. The summed E-state index contributed by atoms with van der Waals surface area (Å²) in [6.45, 7) is 1.59. The minimum Gasteiger partial charge on any atom is -0.497 e. The van der Waals surface area contributed by atoms with Crippen LogP contribution in [0.25, 0.3) is 0 Å². The summed E-state index contributed by atoms with van der Waals surface area (Å²) in [5.74, 6) is 0.810. The summed E-state index contributed by atoms with van der Waals surface area (Å²) in [5.41, 5.74) is 3.79. The van der Waals surface area contributed by atoms with Crippen molar-refractivity contribution < 1.29 is 19.0 Å². The summed E-state index contributed by atoms with van der Waals surface area (Å²) in [6, 6.07) is 7.66. The van der Waals surface area contributed by atoms with Gasteiger partial charge in [0.25, 0.3) is 0 Å². The smallest absolute Gasteiger partial charge is 0.220 e. The van der Waals surface area contributed by atoms with Crippen molar-refractivity contribution in [3.63, 3.8) is 0 Å². The van der Waals surface area contributed by atoms with Crippen LogP contribution in [0.2, 0.25) is 0 Å². The molecule has 0 aliphatic carbocycles. The third kappa shape index (κ3) is 5.52. The Morgan fingerprint density at radius 2 is 2.38 bits per heavy atom. The number of carbonyl (C=O) groups is 1. The Morgan fingerprint density at radius 1 is 1.46 bits per heavy atom. The third-order valence-electron chi connectivity index (χ3n) is 4.34. The predicted molar refractivity (Wildman–Crippen MR) is 99.4 cm³/mol. The van der Waals surface area contributed by atoms with Crippen LogP contribution >= 0.6 is 11.3 Å². The lowest BCUT2D eigenvalue weighted by Gasteiger charge is -2.32. The average molecular weight is 376 g/mol. The molecule has 1 amide bonds. The van der Waals surface area contributed by atoms with Crippen LogP contribution in [0, 0.1) is 0 Å². The molecule has 7 heteroatoms. The van der Waals surface area contributed by atoms with E-state index in [1.807, 2.05) is 29.6 Å². The Morgan fingerprint density at radius 3 is 3.19 bits per heavy atom. The van der Waals surface area contributed by atoms with Gasteiger partial charge in [-0.05, 0) is 30.5 Å². The van der Waals surface area contributed by atoms with Gasteiger partial charge in [-0.2, -0.15) is 0 Å². The van der Waals surface area contributed by atoms with E-state index in [0.29, 0.717) is 32.7 Å². The first kappa shape index (κ1) is 18.8. The molecular weight excluding hydrogens is 352 g/mol. The van der Waals surface area contributed by atoms with Crippen molar-refractivity contribution >= 4 is 17.2 Å². The highest BCUT2D eigenvalue weighted by molar-refractivity contribution is 7.07. The van der Waals surface area contributed by atoms with Gasteiger partial charge in [-0.15, -0.1) is 11.3 Å². The Balaban J connectivity index is 1.47. The minimum atomic E-state index is -0.125. The van der Waals surface area contributed by atoms with Crippen molar-refractivity contribution in [3.05, 3.63) is 46.4 Å². The van der Waals surface area contributed by atoms with E-state index in [1.54, 1.807) is 24.0 Å².